The first kappa shape index (κ1) is 20.2. The summed E-state index contributed by atoms with van der Waals surface area (Å²) < 4.78 is 7.52. The van der Waals surface area contributed by atoms with Crippen LogP contribution in [0, 0.1) is 13.8 Å². The summed E-state index contributed by atoms with van der Waals surface area (Å²) in [7, 11) is 5.19. The highest BCUT2D eigenvalue weighted by Gasteiger charge is 2.18. The van der Waals surface area contributed by atoms with Crippen LogP contribution in [0.5, 0.6) is 5.75 Å². The van der Waals surface area contributed by atoms with Crippen molar-refractivity contribution in [2.45, 2.75) is 46.4 Å². The summed E-state index contributed by atoms with van der Waals surface area (Å²) in [5, 5.41) is 7.56. The number of hydrogen-bond acceptors (Lipinski definition) is 4. The Kier molecular flexibility index (Phi) is 6.24. The maximum Gasteiger partial charge on any atom is 0.317 e. The monoisotopic (exact) mass is 385 g/mol. The molecule has 0 saturated heterocycles. The Morgan fingerprint density at radius 1 is 1.25 bits per heavy atom. The van der Waals surface area contributed by atoms with E-state index in [1.54, 1.807) is 21.2 Å². The Morgan fingerprint density at radius 3 is 2.75 bits per heavy atom. The van der Waals surface area contributed by atoms with Gasteiger partial charge in [0.1, 0.15) is 5.75 Å². The van der Waals surface area contributed by atoms with Crippen molar-refractivity contribution in [3.63, 3.8) is 0 Å². The van der Waals surface area contributed by atoms with Crippen molar-refractivity contribution in [1.82, 2.24) is 24.9 Å². The minimum Gasteiger partial charge on any atom is -0.496 e. The average Bonchev–Trinajstić information content (AvgIpc) is 2.95. The molecule has 1 N–H and O–H groups in total. The molecular formula is C21H31N5O2. The van der Waals surface area contributed by atoms with Crippen LogP contribution in [0.25, 0.3) is 0 Å². The van der Waals surface area contributed by atoms with Crippen molar-refractivity contribution < 1.29 is 9.53 Å². The molecule has 0 saturated carbocycles. The number of ether oxygens (including phenoxy) is 1. The standard InChI is InChI=1S/C21H31N5O2/c1-15-16(2)20(28-5)8-7-17(15)13-25-9-6-10-26-19(14-25)11-18(23-26)12-22-21(27)24(3)4/h7-8,11H,6,9-10,12-14H2,1-5H3,(H,22,27). The van der Waals surface area contributed by atoms with Gasteiger partial charge in [-0.3, -0.25) is 9.58 Å². The van der Waals surface area contributed by atoms with Crippen LogP contribution in [-0.4, -0.2) is 53.4 Å². The van der Waals surface area contributed by atoms with Crippen LogP contribution in [0.3, 0.4) is 0 Å². The predicted octanol–water partition coefficient (Wildman–Crippen LogP) is 2.69. The molecule has 0 fully saturated rings. The fraction of sp³-hybridized carbons (Fsp3) is 0.524. The Balaban J connectivity index is 1.69. The van der Waals surface area contributed by atoms with E-state index < -0.39 is 0 Å². The predicted molar refractivity (Wildman–Crippen MR) is 109 cm³/mol. The molecule has 2 heterocycles. The zero-order chi connectivity index (χ0) is 20.3. The van der Waals surface area contributed by atoms with Gasteiger partial charge in [-0.1, -0.05) is 6.07 Å². The number of hydrogen-bond donors (Lipinski definition) is 1. The molecule has 1 aromatic heterocycles. The van der Waals surface area contributed by atoms with Gasteiger partial charge in [-0.25, -0.2) is 4.79 Å². The van der Waals surface area contributed by atoms with Gasteiger partial charge >= 0.3 is 6.03 Å². The highest BCUT2D eigenvalue weighted by molar-refractivity contribution is 5.73. The van der Waals surface area contributed by atoms with Crippen LogP contribution in [0.15, 0.2) is 18.2 Å². The highest BCUT2D eigenvalue weighted by Crippen LogP contribution is 2.26. The number of aryl methyl sites for hydroxylation is 1. The van der Waals surface area contributed by atoms with Crippen LogP contribution in [0.4, 0.5) is 4.79 Å². The van der Waals surface area contributed by atoms with Gasteiger partial charge in [0, 0.05) is 40.3 Å². The van der Waals surface area contributed by atoms with E-state index in [-0.39, 0.29) is 6.03 Å². The molecule has 0 aliphatic carbocycles. The topological polar surface area (TPSA) is 62.6 Å². The zero-order valence-electron chi connectivity index (χ0n) is 17.6. The molecule has 2 aromatic rings. The maximum absolute atomic E-state index is 11.7. The molecular weight excluding hydrogens is 354 g/mol. The molecule has 1 aromatic carbocycles. The first-order valence-corrected chi connectivity index (χ1v) is 9.75. The second kappa shape index (κ2) is 8.65. The van der Waals surface area contributed by atoms with Crippen molar-refractivity contribution in [3.05, 3.63) is 46.3 Å². The first-order valence-electron chi connectivity index (χ1n) is 9.75. The van der Waals surface area contributed by atoms with E-state index in [0.717, 1.165) is 44.0 Å². The van der Waals surface area contributed by atoms with Gasteiger partial charge in [0.15, 0.2) is 0 Å². The van der Waals surface area contributed by atoms with Gasteiger partial charge in [-0.2, -0.15) is 5.10 Å². The Morgan fingerprint density at radius 2 is 2.04 bits per heavy atom. The minimum absolute atomic E-state index is 0.102. The molecule has 2 amide bonds. The molecule has 7 heteroatoms. The van der Waals surface area contributed by atoms with Crippen LogP contribution in [0.2, 0.25) is 0 Å². The number of rotatable bonds is 5. The smallest absolute Gasteiger partial charge is 0.317 e. The fourth-order valence-electron chi connectivity index (χ4n) is 3.62. The van der Waals surface area contributed by atoms with Crippen LogP contribution in [-0.2, 0) is 26.2 Å². The van der Waals surface area contributed by atoms with Crippen LogP contribution in [0.1, 0.15) is 34.5 Å². The highest BCUT2D eigenvalue weighted by atomic mass is 16.5. The van der Waals surface area contributed by atoms with Gasteiger partial charge in [0.25, 0.3) is 0 Å². The summed E-state index contributed by atoms with van der Waals surface area (Å²) in [6.07, 6.45) is 1.06. The van der Waals surface area contributed by atoms with E-state index in [2.05, 4.69) is 52.0 Å². The third kappa shape index (κ3) is 4.47. The lowest BCUT2D eigenvalue weighted by molar-refractivity contribution is 0.217. The lowest BCUT2D eigenvalue weighted by atomic mass is 10.0. The molecule has 1 aliphatic heterocycles. The zero-order valence-corrected chi connectivity index (χ0v) is 17.6. The number of urea groups is 1. The molecule has 152 valence electrons. The molecule has 28 heavy (non-hydrogen) atoms. The van der Waals surface area contributed by atoms with Crippen LogP contribution < -0.4 is 10.1 Å². The number of fused-ring (bicyclic) bond motifs is 1. The van der Waals surface area contributed by atoms with Gasteiger partial charge in [0.05, 0.1) is 25.0 Å². The molecule has 0 unspecified atom stereocenters. The second-order valence-electron chi connectivity index (χ2n) is 7.64. The number of aromatic nitrogens is 2. The molecule has 1 aliphatic rings. The van der Waals surface area contributed by atoms with E-state index in [1.165, 1.54) is 27.3 Å². The third-order valence-corrected chi connectivity index (χ3v) is 5.43. The molecule has 0 bridgehead atoms. The number of carbonyl (C=O) groups is 1. The lowest BCUT2D eigenvalue weighted by Crippen LogP contribution is -2.34. The summed E-state index contributed by atoms with van der Waals surface area (Å²) in [5.74, 6) is 0.944. The summed E-state index contributed by atoms with van der Waals surface area (Å²) in [6.45, 7) is 8.46. The van der Waals surface area contributed by atoms with Crippen molar-refractivity contribution in [1.29, 1.82) is 0 Å². The third-order valence-electron chi connectivity index (χ3n) is 5.43. The van der Waals surface area contributed by atoms with Gasteiger partial charge in [-0.05, 0) is 49.1 Å². The number of amides is 2. The molecule has 3 rings (SSSR count). The largest absolute Gasteiger partial charge is 0.496 e. The van der Waals surface area contributed by atoms with Crippen molar-refractivity contribution in [2.24, 2.45) is 0 Å². The normalized spacial score (nSPS) is 14.3. The Hall–Kier alpha value is -2.54. The average molecular weight is 386 g/mol. The Labute approximate surface area is 167 Å². The minimum atomic E-state index is -0.102. The van der Waals surface area contributed by atoms with Crippen molar-refractivity contribution in [2.75, 3.05) is 27.7 Å². The number of methoxy groups -OCH3 is 1. The summed E-state index contributed by atoms with van der Waals surface area (Å²) in [5.41, 5.74) is 5.95. The Bertz CT molecular complexity index is 844. The molecule has 0 atom stereocenters. The quantitative estimate of drug-likeness (QED) is 0.860. The summed E-state index contributed by atoms with van der Waals surface area (Å²) >= 11 is 0. The summed E-state index contributed by atoms with van der Waals surface area (Å²) in [4.78, 5) is 15.7. The number of benzene rings is 1. The SMILES string of the molecule is COc1ccc(CN2CCCn3nc(CNC(=O)N(C)C)cc3C2)c(C)c1C. The van der Waals surface area contributed by atoms with Gasteiger partial charge < -0.3 is 15.0 Å². The van der Waals surface area contributed by atoms with E-state index in [0.29, 0.717) is 6.54 Å². The van der Waals surface area contributed by atoms with E-state index in [4.69, 9.17) is 4.74 Å². The van der Waals surface area contributed by atoms with E-state index in [1.807, 2.05) is 0 Å². The summed E-state index contributed by atoms with van der Waals surface area (Å²) in [6, 6.07) is 6.24. The lowest BCUT2D eigenvalue weighted by Gasteiger charge is -2.22. The number of nitrogens with zero attached hydrogens (tertiary/aromatic N) is 4. The van der Waals surface area contributed by atoms with Crippen molar-refractivity contribution in [3.8, 4) is 5.75 Å². The number of nitrogens with one attached hydrogen (secondary N) is 1. The van der Waals surface area contributed by atoms with E-state index >= 15 is 0 Å². The molecule has 0 spiro atoms. The second-order valence-corrected chi connectivity index (χ2v) is 7.64. The number of carbonyl (C=O) groups excluding carboxylic acids is 1. The maximum atomic E-state index is 11.7. The molecule has 7 nitrogen and oxygen atoms in total. The van der Waals surface area contributed by atoms with E-state index in [9.17, 15) is 4.79 Å². The molecule has 0 radical (unpaired) electrons. The van der Waals surface area contributed by atoms with Gasteiger partial charge in [0.2, 0.25) is 0 Å². The van der Waals surface area contributed by atoms with Crippen LogP contribution >= 0.6 is 0 Å². The fourth-order valence-corrected chi connectivity index (χ4v) is 3.62. The first-order chi connectivity index (χ1) is 13.4. The van der Waals surface area contributed by atoms with Gasteiger partial charge in [-0.15, -0.1) is 0 Å². The van der Waals surface area contributed by atoms with Crippen molar-refractivity contribution >= 4 is 6.03 Å².